The average Bonchev–Trinajstić information content (AvgIpc) is 3.26. The lowest BCUT2D eigenvalue weighted by molar-refractivity contribution is -0.121. The molecule has 130 valence electrons. The van der Waals surface area contributed by atoms with Gasteiger partial charge in [-0.15, -0.1) is 11.3 Å². The van der Waals surface area contributed by atoms with Crippen LogP contribution in [0.25, 0.3) is 11.3 Å². The molecule has 1 N–H and O–H groups in total. The molecule has 0 fully saturated rings. The number of rotatable bonds is 6. The van der Waals surface area contributed by atoms with Crippen LogP contribution < -0.4 is 10.1 Å². The summed E-state index contributed by atoms with van der Waals surface area (Å²) in [7, 11) is 1.61. The van der Waals surface area contributed by atoms with Crippen molar-refractivity contribution in [1.82, 2.24) is 10.3 Å². The fourth-order valence-electron chi connectivity index (χ4n) is 2.65. The summed E-state index contributed by atoms with van der Waals surface area (Å²) >= 11 is 1.60. The van der Waals surface area contributed by atoms with Gasteiger partial charge >= 0.3 is 0 Å². The number of ether oxygens (including phenoxy) is 1. The van der Waals surface area contributed by atoms with Crippen molar-refractivity contribution in [2.24, 2.45) is 0 Å². The number of furan rings is 1. The molecule has 1 atom stereocenters. The van der Waals surface area contributed by atoms with E-state index in [0.717, 1.165) is 27.6 Å². The van der Waals surface area contributed by atoms with Gasteiger partial charge in [-0.2, -0.15) is 0 Å². The van der Waals surface area contributed by atoms with E-state index in [1.165, 1.54) is 0 Å². The minimum Gasteiger partial charge on any atom is -0.496 e. The maximum Gasteiger partial charge on any atom is 0.225 e. The lowest BCUT2D eigenvalue weighted by Crippen LogP contribution is -2.28. The first kappa shape index (κ1) is 17.2. The van der Waals surface area contributed by atoms with Gasteiger partial charge in [-0.05, 0) is 44.2 Å². The summed E-state index contributed by atoms with van der Waals surface area (Å²) in [6, 6.07) is 9.27. The van der Waals surface area contributed by atoms with Crippen molar-refractivity contribution < 1.29 is 13.9 Å². The second kappa shape index (κ2) is 7.53. The van der Waals surface area contributed by atoms with E-state index >= 15 is 0 Å². The predicted molar refractivity (Wildman–Crippen MR) is 97.8 cm³/mol. The van der Waals surface area contributed by atoms with Crippen LogP contribution in [0.5, 0.6) is 5.75 Å². The van der Waals surface area contributed by atoms with Gasteiger partial charge in [0.1, 0.15) is 11.5 Å². The van der Waals surface area contributed by atoms with Gasteiger partial charge in [0, 0.05) is 16.5 Å². The Labute approximate surface area is 150 Å². The van der Waals surface area contributed by atoms with E-state index in [-0.39, 0.29) is 18.4 Å². The van der Waals surface area contributed by atoms with E-state index in [2.05, 4.69) is 10.3 Å². The molecule has 0 spiro atoms. The minimum absolute atomic E-state index is 0.0891. The molecule has 0 saturated carbocycles. The highest BCUT2D eigenvalue weighted by molar-refractivity contribution is 7.09. The Hall–Kier alpha value is -2.60. The fraction of sp³-hybridized carbons (Fsp3) is 0.263. The molecule has 0 radical (unpaired) electrons. The zero-order chi connectivity index (χ0) is 17.8. The summed E-state index contributed by atoms with van der Waals surface area (Å²) in [5.41, 5.74) is 2.72. The predicted octanol–water partition coefficient (Wildman–Crippen LogP) is 4.14. The molecule has 1 aromatic carbocycles. The van der Waals surface area contributed by atoms with Crippen molar-refractivity contribution >= 4 is 17.2 Å². The van der Waals surface area contributed by atoms with Gasteiger partial charge in [-0.3, -0.25) is 4.79 Å². The Bertz CT molecular complexity index is 855. The number of thiazole rings is 1. The maximum atomic E-state index is 12.4. The van der Waals surface area contributed by atoms with Crippen molar-refractivity contribution in [3.05, 3.63) is 58.3 Å². The number of methoxy groups -OCH3 is 1. The van der Waals surface area contributed by atoms with E-state index in [1.54, 1.807) is 30.8 Å². The van der Waals surface area contributed by atoms with Gasteiger partial charge in [-0.1, -0.05) is 0 Å². The number of amides is 1. The van der Waals surface area contributed by atoms with Crippen molar-refractivity contribution in [1.29, 1.82) is 0 Å². The number of hydrogen-bond acceptors (Lipinski definition) is 5. The molecule has 3 aromatic rings. The molecule has 6 heteroatoms. The summed E-state index contributed by atoms with van der Waals surface area (Å²) in [5.74, 6) is 1.33. The Morgan fingerprint density at radius 2 is 2.24 bits per heavy atom. The first-order valence-corrected chi connectivity index (χ1v) is 8.87. The summed E-state index contributed by atoms with van der Waals surface area (Å²) in [4.78, 5) is 16.9. The highest BCUT2D eigenvalue weighted by Gasteiger charge is 2.15. The van der Waals surface area contributed by atoms with Crippen LogP contribution in [0.15, 0.2) is 46.4 Å². The lowest BCUT2D eigenvalue weighted by atomic mass is 10.0. The smallest absolute Gasteiger partial charge is 0.225 e. The van der Waals surface area contributed by atoms with Crippen LogP contribution >= 0.6 is 11.3 Å². The fourth-order valence-corrected chi connectivity index (χ4v) is 3.27. The number of carbonyl (C=O) groups excluding carboxylic acids is 1. The van der Waals surface area contributed by atoms with Crippen LogP contribution in [0.3, 0.4) is 0 Å². The number of benzene rings is 1. The SMILES string of the molecule is COc1ccc(-c2csc(C)n2)cc1CC(=O)N[C@H](C)c1ccco1. The molecule has 0 saturated heterocycles. The van der Waals surface area contributed by atoms with E-state index in [9.17, 15) is 4.79 Å². The topological polar surface area (TPSA) is 64.4 Å². The number of hydrogen-bond donors (Lipinski definition) is 1. The van der Waals surface area contributed by atoms with Gasteiger partial charge in [0.2, 0.25) is 5.91 Å². The molecule has 3 rings (SSSR count). The van der Waals surface area contributed by atoms with E-state index in [0.29, 0.717) is 5.75 Å². The Morgan fingerprint density at radius 3 is 2.88 bits per heavy atom. The van der Waals surface area contributed by atoms with Crippen molar-refractivity contribution in [2.45, 2.75) is 26.3 Å². The van der Waals surface area contributed by atoms with E-state index in [4.69, 9.17) is 9.15 Å². The first-order chi connectivity index (χ1) is 12.1. The molecular weight excluding hydrogens is 336 g/mol. The Morgan fingerprint density at radius 1 is 1.40 bits per heavy atom. The summed E-state index contributed by atoms with van der Waals surface area (Å²) in [5, 5.41) is 5.97. The van der Waals surface area contributed by atoms with Crippen LogP contribution in [-0.2, 0) is 11.2 Å². The number of aromatic nitrogens is 1. The van der Waals surface area contributed by atoms with Crippen molar-refractivity contribution in [3.63, 3.8) is 0 Å². The highest BCUT2D eigenvalue weighted by Crippen LogP contribution is 2.28. The molecule has 2 heterocycles. The van der Waals surface area contributed by atoms with Crippen molar-refractivity contribution in [3.8, 4) is 17.0 Å². The second-order valence-corrected chi connectivity index (χ2v) is 6.82. The third-order valence-corrected chi connectivity index (χ3v) is 4.67. The Balaban J connectivity index is 1.77. The zero-order valence-corrected chi connectivity index (χ0v) is 15.2. The van der Waals surface area contributed by atoms with Gasteiger partial charge < -0.3 is 14.5 Å². The average molecular weight is 356 g/mol. The highest BCUT2D eigenvalue weighted by atomic mass is 32.1. The monoisotopic (exact) mass is 356 g/mol. The molecule has 2 aromatic heterocycles. The normalized spacial score (nSPS) is 12.0. The second-order valence-electron chi connectivity index (χ2n) is 5.76. The molecule has 0 aliphatic carbocycles. The molecule has 0 bridgehead atoms. The molecule has 1 amide bonds. The number of carbonyl (C=O) groups is 1. The van der Waals surface area contributed by atoms with Crippen LogP contribution in [0, 0.1) is 6.92 Å². The first-order valence-electron chi connectivity index (χ1n) is 7.99. The molecule has 0 aliphatic heterocycles. The summed E-state index contributed by atoms with van der Waals surface area (Å²) in [6.07, 6.45) is 1.82. The van der Waals surface area contributed by atoms with Crippen LogP contribution in [0.4, 0.5) is 0 Å². The minimum atomic E-state index is -0.183. The van der Waals surface area contributed by atoms with Gasteiger partial charge in [0.05, 0.1) is 36.5 Å². The quantitative estimate of drug-likeness (QED) is 0.721. The van der Waals surface area contributed by atoms with E-state index < -0.39 is 0 Å². The number of aryl methyl sites for hydroxylation is 1. The van der Waals surface area contributed by atoms with Crippen LogP contribution in [0.1, 0.15) is 29.3 Å². The standard InChI is InChI=1S/C19H20N2O3S/c1-12(17-5-4-8-24-17)20-19(22)10-15-9-14(6-7-18(15)23-3)16-11-25-13(2)21-16/h4-9,11-12H,10H2,1-3H3,(H,20,22)/t12-/m1/s1. The van der Waals surface area contributed by atoms with Crippen LogP contribution in [0.2, 0.25) is 0 Å². The summed E-state index contributed by atoms with van der Waals surface area (Å²) < 4.78 is 10.7. The molecule has 25 heavy (non-hydrogen) atoms. The molecule has 5 nitrogen and oxygen atoms in total. The third-order valence-electron chi connectivity index (χ3n) is 3.89. The van der Waals surface area contributed by atoms with Crippen molar-refractivity contribution in [2.75, 3.05) is 7.11 Å². The number of nitrogens with zero attached hydrogens (tertiary/aromatic N) is 1. The van der Waals surface area contributed by atoms with Gasteiger partial charge in [0.25, 0.3) is 0 Å². The molecule has 0 unspecified atom stereocenters. The van der Waals surface area contributed by atoms with Gasteiger partial charge in [-0.25, -0.2) is 4.98 Å². The van der Waals surface area contributed by atoms with Crippen LogP contribution in [-0.4, -0.2) is 18.0 Å². The van der Waals surface area contributed by atoms with E-state index in [1.807, 2.05) is 43.5 Å². The third kappa shape index (κ3) is 4.09. The van der Waals surface area contributed by atoms with Gasteiger partial charge in [0.15, 0.2) is 0 Å². The lowest BCUT2D eigenvalue weighted by Gasteiger charge is -2.13. The summed E-state index contributed by atoms with van der Waals surface area (Å²) in [6.45, 7) is 3.87. The largest absolute Gasteiger partial charge is 0.496 e. The number of nitrogens with one attached hydrogen (secondary N) is 1. The molecule has 0 aliphatic rings. The zero-order valence-electron chi connectivity index (χ0n) is 14.4. The maximum absolute atomic E-state index is 12.4. The Kier molecular flexibility index (Phi) is 5.19. The molecular formula is C19H20N2O3S.